The first-order valence-corrected chi connectivity index (χ1v) is 8.00. The molecule has 4 rings (SSSR count). The number of anilines is 2. The van der Waals surface area contributed by atoms with Crippen LogP contribution in [0.25, 0.3) is 5.65 Å². The molecule has 0 atom stereocenters. The fraction of sp³-hybridized carbons (Fsp3) is 0.353. The Kier molecular flexibility index (Phi) is 3.37. The van der Waals surface area contributed by atoms with E-state index in [2.05, 4.69) is 32.3 Å². The van der Waals surface area contributed by atoms with Crippen LogP contribution < -0.4 is 10.6 Å². The van der Waals surface area contributed by atoms with Gasteiger partial charge in [0.2, 0.25) is 0 Å². The Balaban J connectivity index is 1.49. The molecule has 0 radical (unpaired) electrons. The summed E-state index contributed by atoms with van der Waals surface area (Å²) >= 11 is 0. The third-order valence-corrected chi connectivity index (χ3v) is 4.63. The smallest absolute Gasteiger partial charge is 0.178 e. The normalized spacial score (nSPS) is 16.1. The van der Waals surface area contributed by atoms with Gasteiger partial charge in [-0.1, -0.05) is 12.1 Å². The molecule has 6 heteroatoms. The summed E-state index contributed by atoms with van der Waals surface area (Å²) in [5.41, 5.74) is 8.78. The van der Waals surface area contributed by atoms with E-state index in [1.165, 1.54) is 5.56 Å². The van der Waals surface area contributed by atoms with Gasteiger partial charge in [-0.05, 0) is 55.5 Å². The number of aryl methyl sites for hydroxylation is 1. The van der Waals surface area contributed by atoms with E-state index in [-0.39, 0.29) is 0 Å². The Bertz CT molecular complexity index is 815. The van der Waals surface area contributed by atoms with Crippen LogP contribution in [0.5, 0.6) is 0 Å². The lowest BCUT2D eigenvalue weighted by Crippen LogP contribution is -2.33. The molecule has 1 aliphatic heterocycles. The molecule has 6 nitrogen and oxygen atoms in total. The van der Waals surface area contributed by atoms with Crippen molar-refractivity contribution in [3.05, 3.63) is 47.8 Å². The summed E-state index contributed by atoms with van der Waals surface area (Å²) in [5.74, 6) is 2.42. The van der Waals surface area contributed by atoms with Gasteiger partial charge in [0.05, 0.1) is 0 Å². The van der Waals surface area contributed by atoms with Crippen LogP contribution in [0.1, 0.15) is 30.1 Å². The highest BCUT2D eigenvalue weighted by Gasteiger charge is 2.22. The lowest BCUT2D eigenvalue weighted by molar-refractivity contribution is 0.501. The van der Waals surface area contributed by atoms with E-state index in [0.717, 1.165) is 48.9 Å². The molecule has 0 amide bonds. The molecule has 0 unspecified atom stereocenters. The lowest BCUT2D eigenvalue weighted by atomic mass is 9.89. The first kappa shape index (κ1) is 14.0. The van der Waals surface area contributed by atoms with Gasteiger partial charge in [0.25, 0.3) is 0 Å². The molecule has 1 saturated heterocycles. The van der Waals surface area contributed by atoms with E-state index in [0.29, 0.717) is 5.92 Å². The Labute approximate surface area is 134 Å². The zero-order chi connectivity index (χ0) is 15.8. The topological polar surface area (TPSA) is 72.3 Å². The maximum absolute atomic E-state index is 5.77. The Morgan fingerprint density at radius 3 is 2.48 bits per heavy atom. The summed E-state index contributed by atoms with van der Waals surface area (Å²) in [5, 5.41) is 12.8. The summed E-state index contributed by atoms with van der Waals surface area (Å²) < 4.78 is 1.81. The number of hydrogen-bond acceptors (Lipinski definition) is 5. The van der Waals surface area contributed by atoms with Crippen molar-refractivity contribution in [3.8, 4) is 0 Å². The van der Waals surface area contributed by atoms with Gasteiger partial charge in [-0.15, -0.1) is 15.3 Å². The molecule has 1 aliphatic rings. The van der Waals surface area contributed by atoms with Crippen molar-refractivity contribution >= 4 is 17.2 Å². The average Bonchev–Trinajstić information content (AvgIpc) is 2.96. The van der Waals surface area contributed by atoms with E-state index in [9.17, 15) is 0 Å². The van der Waals surface area contributed by atoms with E-state index >= 15 is 0 Å². The van der Waals surface area contributed by atoms with Crippen molar-refractivity contribution in [2.24, 2.45) is 0 Å². The Hall–Kier alpha value is -2.63. The number of nitrogens with zero attached hydrogens (tertiary/aromatic N) is 5. The van der Waals surface area contributed by atoms with Crippen LogP contribution in [0.4, 0.5) is 11.5 Å². The second-order valence-corrected chi connectivity index (χ2v) is 6.14. The Morgan fingerprint density at radius 2 is 1.74 bits per heavy atom. The van der Waals surface area contributed by atoms with Crippen LogP contribution >= 0.6 is 0 Å². The summed E-state index contributed by atoms with van der Waals surface area (Å²) in [6.45, 7) is 3.94. The monoisotopic (exact) mass is 308 g/mol. The number of hydrogen-bond donors (Lipinski definition) is 1. The zero-order valence-electron chi connectivity index (χ0n) is 13.2. The van der Waals surface area contributed by atoms with E-state index in [1.807, 2.05) is 31.2 Å². The fourth-order valence-electron chi connectivity index (χ4n) is 3.27. The molecule has 0 spiro atoms. The largest absolute Gasteiger partial charge is 0.399 e. The van der Waals surface area contributed by atoms with Crippen LogP contribution in [0.2, 0.25) is 0 Å². The molecule has 1 aromatic carbocycles. The molecule has 0 aliphatic carbocycles. The number of fused-ring (bicyclic) bond motifs is 1. The van der Waals surface area contributed by atoms with Crippen molar-refractivity contribution in [2.75, 3.05) is 23.7 Å². The first-order valence-electron chi connectivity index (χ1n) is 8.00. The van der Waals surface area contributed by atoms with E-state index in [1.54, 1.807) is 4.52 Å². The summed E-state index contributed by atoms with van der Waals surface area (Å²) in [7, 11) is 0. The molecule has 23 heavy (non-hydrogen) atoms. The number of nitrogen functional groups attached to an aromatic ring is 1. The van der Waals surface area contributed by atoms with Crippen LogP contribution in [0, 0.1) is 6.92 Å². The van der Waals surface area contributed by atoms with Crippen molar-refractivity contribution in [1.29, 1.82) is 0 Å². The van der Waals surface area contributed by atoms with Gasteiger partial charge in [-0.3, -0.25) is 0 Å². The summed E-state index contributed by atoms with van der Waals surface area (Å²) in [6.07, 6.45) is 2.26. The predicted molar refractivity (Wildman–Crippen MR) is 90.6 cm³/mol. The number of benzene rings is 1. The SMILES string of the molecule is Cc1nnc2ccc(N3CCC(c4ccc(N)cc4)CC3)nn12. The molecule has 2 N–H and O–H groups in total. The van der Waals surface area contributed by atoms with Gasteiger partial charge in [0.1, 0.15) is 5.82 Å². The summed E-state index contributed by atoms with van der Waals surface area (Å²) in [6, 6.07) is 12.3. The highest BCUT2D eigenvalue weighted by molar-refractivity contribution is 5.46. The molecule has 0 bridgehead atoms. The predicted octanol–water partition coefficient (Wildman–Crippen LogP) is 2.40. The van der Waals surface area contributed by atoms with Gasteiger partial charge < -0.3 is 10.6 Å². The number of rotatable bonds is 2. The van der Waals surface area contributed by atoms with Gasteiger partial charge >= 0.3 is 0 Å². The maximum atomic E-state index is 5.77. The highest BCUT2D eigenvalue weighted by atomic mass is 15.4. The molecule has 1 fully saturated rings. The average molecular weight is 308 g/mol. The van der Waals surface area contributed by atoms with Crippen LogP contribution in [-0.2, 0) is 0 Å². The summed E-state index contributed by atoms with van der Waals surface area (Å²) in [4.78, 5) is 2.34. The standard InChI is InChI=1S/C17H20N6/c1-12-19-20-16-6-7-17(21-23(12)16)22-10-8-14(9-11-22)13-2-4-15(18)5-3-13/h2-7,14H,8-11,18H2,1H3. The van der Waals surface area contributed by atoms with Crippen molar-refractivity contribution in [2.45, 2.75) is 25.7 Å². The van der Waals surface area contributed by atoms with Crippen LogP contribution in [0.3, 0.4) is 0 Å². The third kappa shape index (κ3) is 2.60. The number of nitrogens with two attached hydrogens (primary N) is 1. The van der Waals surface area contributed by atoms with Gasteiger partial charge in [-0.25, -0.2) is 0 Å². The molecule has 0 saturated carbocycles. The van der Waals surface area contributed by atoms with E-state index < -0.39 is 0 Å². The maximum Gasteiger partial charge on any atom is 0.178 e. The number of piperidine rings is 1. The van der Waals surface area contributed by atoms with E-state index in [4.69, 9.17) is 5.73 Å². The Morgan fingerprint density at radius 1 is 1.00 bits per heavy atom. The molecule has 118 valence electrons. The molecule has 3 heterocycles. The second-order valence-electron chi connectivity index (χ2n) is 6.14. The van der Waals surface area contributed by atoms with Crippen molar-refractivity contribution in [1.82, 2.24) is 19.8 Å². The van der Waals surface area contributed by atoms with Gasteiger partial charge in [0, 0.05) is 18.8 Å². The zero-order valence-corrected chi connectivity index (χ0v) is 13.2. The van der Waals surface area contributed by atoms with Crippen molar-refractivity contribution in [3.63, 3.8) is 0 Å². The quantitative estimate of drug-likeness (QED) is 0.736. The minimum Gasteiger partial charge on any atom is -0.399 e. The minimum absolute atomic E-state index is 0.604. The van der Waals surface area contributed by atoms with Crippen LogP contribution in [-0.4, -0.2) is 32.9 Å². The van der Waals surface area contributed by atoms with Gasteiger partial charge in [-0.2, -0.15) is 4.52 Å². The first-order chi connectivity index (χ1) is 11.2. The van der Waals surface area contributed by atoms with Crippen molar-refractivity contribution < 1.29 is 0 Å². The fourth-order valence-corrected chi connectivity index (χ4v) is 3.27. The number of aromatic nitrogens is 4. The molecule has 3 aromatic rings. The minimum atomic E-state index is 0.604. The molecular formula is C17H20N6. The van der Waals surface area contributed by atoms with Crippen LogP contribution in [0.15, 0.2) is 36.4 Å². The van der Waals surface area contributed by atoms with Gasteiger partial charge in [0.15, 0.2) is 11.5 Å². The highest BCUT2D eigenvalue weighted by Crippen LogP contribution is 2.30. The lowest BCUT2D eigenvalue weighted by Gasteiger charge is -2.33. The second kappa shape index (κ2) is 5.53. The third-order valence-electron chi connectivity index (χ3n) is 4.63. The molecular weight excluding hydrogens is 288 g/mol. The molecule has 2 aromatic heterocycles.